The number of halogens is 1. The van der Waals surface area contributed by atoms with Crippen LogP contribution in [-0.2, 0) is 11.3 Å². The number of aliphatic hydroxyl groups is 1. The fourth-order valence-electron chi connectivity index (χ4n) is 2.41. The second-order valence-corrected chi connectivity index (χ2v) is 7.41. The van der Waals surface area contributed by atoms with Crippen molar-refractivity contribution in [2.24, 2.45) is 0 Å². The average molecular weight is 357 g/mol. The number of hydrogen-bond donors (Lipinski definition) is 2. The number of benzene rings is 1. The van der Waals surface area contributed by atoms with Gasteiger partial charge in [-0.1, -0.05) is 15.9 Å². The highest BCUT2D eigenvalue weighted by Gasteiger charge is 2.22. The van der Waals surface area contributed by atoms with Gasteiger partial charge in [0.2, 0.25) is 0 Å². The molecule has 21 heavy (non-hydrogen) atoms. The van der Waals surface area contributed by atoms with Gasteiger partial charge < -0.3 is 20.1 Å². The van der Waals surface area contributed by atoms with Crippen molar-refractivity contribution in [3.05, 3.63) is 28.2 Å². The van der Waals surface area contributed by atoms with Gasteiger partial charge in [-0.05, 0) is 44.5 Å². The van der Waals surface area contributed by atoms with Gasteiger partial charge in [-0.3, -0.25) is 0 Å². The summed E-state index contributed by atoms with van der Waals surface area (Å²) in [5, 5.41) is 12.8. The molecular formula is C16H25BrN2O2. The maximum Gasteiger partial charge on any atom is 0.0980 e. The lowest BCUT2D eigenvalue weighted by atomic mass is 10.1. The second-order valence-electron chi connectivity index (χ2n) is 6.50. The molecule has 0 aromatic heterocycles. The van der Waals surface area contributed by atoms with Crippen LogP contribution in [0.1, 0.15) is 26.3 Å². The number of rotatable bonds is 4. The van der Waals surface area contributed by atoms with E-state index in [1.165, 1.54) is 11.3 Å². The van der Waals surface area contributed by atoms with E-state index in [0.717, 1.165) is 24.1 Å². The van der Waals surface area contributed by atoms with Gasteiger partial charge in [0.1, 0.15) is 0 Å². The van der Waals surface area contributed by atoms with Crippen molar-refractivity contribution in [2.45, 2.75) is 39.0 Å². The molecular weight excluding hydrogens is 332 g/mol. The minimum absolute atomic E-state index is 0.0720. The fourth-order valence-corrected chi connectivity index (χ4v) is 2.82. The van der Waals surface area contributed by atoms with Crippen molar-refractivity contribution in [2.75, 3.05) is 31.2 Å². The molecule has 1 saturated heterocycles. The van der Waals surface area contributed by atoms with Crippen LogP contribution < -0.4 is 10.2 Å². The number of ether oxygens (including phenoxy) is 1. The minimum atomic E-state index is -0.0918. The van der Waals surface area contributed by atoms with E-state index in [-0.39, 0.29) is 18.2 Å². The molecule has 2 N–H and O–H groups in total. The van der Waals surface area contributed by atoms with Crippen LogP contribution in [0.15, 0.2) is 22.7 Å². The maximum absolute atomic E-state index is 9.31. The Morgan fingerprint density at radius 3 is 2.86 bits per heavy atom. The third kappa shape index (κ3) is 4.95. The summed E-state index contributed by atoms with van der Waals surface area (Å²) in [7, 11) is 0. The highest BCUT2D eigenvalue weighted by Crippen LogP contribution is 2.26. The highest BCUT2D eigenvalue weighted by molar-refractivity contribution is 9.10. The van der Waals surface area contributed by atoms with Crippen LogP contribution in [0.5, 0.6) is 0 Å². The van der Waals surface area contributed by atoms with E-state index < -0.39 is 0 Å². The summed E-state index contributed by atoms with van der Waals surface area (Å²) in [4.78, 5) is 2.30. The molecule has 0 bridgehead atoms. The van der Waals surface area contributed by atoms with E-state index in [1.54, 1.807) is 0 Å². The van der Waals surface area contributed by atoms with E-state index in [0.29, 0.717) is 6.61 Å². The van der Waals surface area contributed by atoms with E-state index in [1.807, 2.05) is 0 Å². The number of nitrogens with zero attached hydrogens (tertiary/aromatic N) is 1. The number of hydrogen-bond acceptors (Lipinski definition) is 4. The summed E-state index contributed by atoms with van der Waals surface area (Å²) in [6.07, 6.45) is -0.0918. The normalized spacial score (nSPS) is 19.9. The first-order chi connectivity index (χ1) is 9.89. The summed E-state index contributed by atoms with van der Waals surface area (Å²) in [5.74, 6) is 0. The molecule has 4 nitrogen and oxygen atoms in total. The summed E-state index contributed by atoms with van der Waals surface area (Å²) in [5.41, 5.74) is 2.56. The van der Waals surface area contributed by atoms with Crippen molar-refractivity contribution >= 4 is 21.6 Å². The van der Waals surface area contributed by atoms with Crippen molar-refractivity contribution in [1.29, 1.82) is 0 Å². The Kier molecular flexibility index (Phi) is 5.66. The van der Waals surface area contributed by atoms with Gasteiger partial charge in [0.15, 0.2) is 0 Å². The van der Waals surface area contributed by atoms with Gasteiger partial charge in [-0.25, -0.2) is 0 Å². The minimum Gasteiger partial charge on any atom is -0.394 e. The lowest BCUT2D eigenvalue weighted by Gasteiger charge is -2.35. The van der Waals surface area contributed by atoms with Crippen molar-refractivity contribution in [1.82, 2.24) is 5.32 Å². The molecule has 5 heteroatoms. The van der Waals surface area contributed by atoms with Gasteiger partial charge in [0.05, 0.1) is 19.3 Å². The van der Waals surface area contributed by atoms with Crippen LogP contribution >= 0.6 is 15.9 Å². The van der Waals surface area contributed by atoms with Crippen LogP contribution in [0.4, 0.5) is 5.69 Å². The molecule has 0 aliphatic carbocycles. The lowest BCUT2D eigenvalue weighted by molar-refractivity contribution is 0.00352. The molecule has 1 atom stereocenters. The van der Waals surface area contributed by atoms with Gasteiger partial charge in [0.25, 0.3) is 0 Å². The zero-order valence-corrected chi connectivity index (χ0v) is 14.6. The Bertz CT molecular complexity index is 474. The van der Waals surface area contributed by atoms with E-state index in [2.05, 4.69) is 65.1 Å². The smallest absolute Gasteiger partial charge is 0.0980 e. The SMILES string of the molecule is CC(C)(C)NCc1cc(Br)ccc1N1CCOC(CO)C1. The quantitative estimate of drug-likeness (QED) is 0.869. The fraction of sp³-hybridized carbons (Fsp3) is 0.625. The molecule has 1 aromatic rings. The molecule has 0 radical (unpaired) electrons. The molecule has 1 heterocycles. The third-order valence-electron chi connectivity index (χ3n) is 3.53. The summed E-state index contributed by atoms with van der Waals surface area (Å²) >= 11 is 3.56. The molecule has 1 unspecified atom stereocenters. The predicted molar refractivity (Wildman–Crippen MR) is 89.8 cm³/mol. The van der Waals surface area contributed by atoms with E-state index in [9.17, 15) is 5.11 Å². The summed E-state index contributed by atoms with van der Waals surface area (Å²) < 4.78 is 6.63. The third-order valence-corrected chi connectivity index (χ3v) is 4.03. The van der Waals surface area contributed by atoms with Crippen molar-refractivity contribution in [3.8, 4) is 0 Å². The zero-order valence-electron chi connectivity index (χ0n) is 13.0. The summed E-state index contributed by atoms with van der Waals surface area (Å²) in [6.45, 7) is 9.65. The number of nitrogens with one attached hydrogen (secondary N) is 1. The van der Waals surface area contributed by atoms with Gasteiger partial charge in [-0.2, -0.15) is 0 Å². The van der Waals surface area contributed by atoms with E-state index in [4.69, 9.17) is 4.74 Å². The largest absolute Gasteiger partial charge is 0.394 e. The molecule has 1 aromatic carbocycles. The Morgan fingerprint density at radius 1 is 1.43 bits per heavy atom. The maximum atomic E-state index is 9.31. The second kappa shape index (κ2) is 7.09. The molecule has 0 amide bonds. The van der Waals surface area contributed by atoms with Crippen LogP contribution in [0, 0.1) is 0 Å². The van der Waals surface area contributed by atoms with Gasteiger partial charge in [-0.15, -0.1) is 0 Å². The van der Waals surface area contributed by atoms with Crippen LogP contribution in [0.2, 0.25) is 0 Å². The Labute approximate surface area is 135 Å². The van der Waals surface area contributed by atoms with Crippen molar-refractivity contribution < 1.29 is 9.84 Å². The number of aliphatic hydroxyl groups excluding tert-OH is 1. The standard InChI is InChI=1S/C16H25BrN2O2/c1-16(2,3)18-9-12-8-13(17)4-5-15(12)19-6-7-21-14(10-19)11-20/h4-5,8,14,18,20H,6-7,9-11H2,1-3H3. The molecule has 2 rings (SSSR count). The Balaban J connectivity index is 2.17. The zero-order chi connectivity index (χ0) is 15.5. The molecule has 118 valence electrons. The molecule has 1 fully saturated rings. The van der Waals surface area contributed by atoms with E-state index >= 15 is 0 Å². The summed E-state index contributed by atoms with van der Waals surface area (Å²) in [6, 6.07) is 6.38. The first kappa shape index (κ1) is 16.7. The first-order valence-corrected chi connectivity index (χ1v) is 8.19. The van der Waals surface area contributed by atoms with Crippen LogP contribution in [0.3, 0.4) is 0 Å². The predicted octanol–water partition coefficient (Wildman–Crippen LogP) is 2.53. The number of morpholine rings is 1. The Morgan fingerprint density at radius 2 is 2.19 bits per heavy atom. The lowest BCUT2D eigenvalue weighted by Crippen LogP contribution is -2.44. The molecule has 0 spiro atoms. The average Bonchev–Trinajstić information content (AvgIpc) is 2.44. The highest BCUT2D eigenvalue weighted by atomic mass is 79.9. The van der Waals surface area contributed by atoms with Crippen molar-refractivity contribution in [3.63, 3.8) is 0 Å². The van der Waals surface area contributed by atoms with Crippen LogP contribution in [0.25, 0.3) is 0 Å². The Hall–Kier alpha value is -0.620. The van der Waals surface area contributed by atoms with Crippen LogP contribution in [-0.4, -0.2) is 43.1 Å². The topological polar surface area (TPSA) is 44.7 Å². The monoisotopic (exact) mass is 356 g/mol. The number of anilines is 1. The molecule has 1 aliphatic heterocycles. The molecule has 0 saturated carbocycles. The van der Waals surface area contributed by atoms with Gasteiger partial charge in [0, 0.05) is 35.3 Å². The first-order valence-electron chi connectivity index (χ1n) is 7.40. The molecule has 1 aliphatic rings. The van der Waals surface area contributed by atoms with Gasteiger partial charge >= 0.3 is 0 Å².